The van der Waals surface area contributed by atoms with Gasteiger partial charge < -0.3 is 10.4 Å². The van der Waals surface area contributed by atoms with Crippen LogP contribution >= 0.6 is 0 Å². The van der Waals surface area contributed by atoms with Crippen LogP contribution in [0.1, 0.15) is 25.7 Å². The molecule has 0 radical (unpaired) electrons. The highest BCUT2D eigenvalue weighted by Gasteiger charge is 2.48. The SMILES string of the molecule is OCC12CCCN1C(CN1CCNCC1)CC2. The fourth-order valence-corrected chi connectivity index (χ4v) is 4.02. The number of hydrogen-bond acceptors (Lipinski definition) is 4. The van der Waals surface area contributed by atoms with E-state index in [1.54, 1.807) is 0 Å². The van der Waals surface area contributed by atoms with Gasteiger partial charge in [-0.1, -0.05) is 0 Å². The first kappa shape index (κ1) is 11.9. The van der Waals surface area contributed by atoms with Crippen molar-refractivity contribution in [1.29, 1.82) is 0 Å². The molecule has 3 rings (SSSR count). The maximum Gasteiger partial charge on any atom is 0.0615 e. The van der Waals surface area contributed by atoms with Crippen molar-refractivity contribution < 1.29 is 5.11 Å². The van der Waals surface area contributed by atoms with Gasteiger partial charge in [-0.25, -0.2) is 0 Å². The van der Waals surface area contributed by atoms with Gasteiger partial charge in [0.1, 0.15) is 0 Å². The quantitative estimate of drug-likeness (QED) is 0.720. The molecule has 0 aliphatic carbocycles. The van der Waals surface area contributed by atoms with E-state index in [2.05, 4.69) is 15.1 Å². The molecule has 0 saturated carbocycles. The molecule has 2 atom stereocenters. The number of aliphatic hydroxyl groups excluding tert-OH is 1. The highest BCUT2D eigenvalue weighted by molar-refractivity contribution is 5.04. The smallest absolute Gasteiger partial charge is 0.0615 e. The molecular weight excluding hydrogens is 214 g/mol. The summed E-state index contributed by atoms with van der Waals surface area (Å²) in [7, 11) is 0. The van der Waals surface area contributed by atoms with E-state index in [1.807, 2.05) is 0 Å². The molecule has 0 aromatic heterocycles. The van der Waals surface area contributed by atoms with Crippen LogP contribution < -0.4 is 5.32 Å². The molecule has 2 N–H and O–H groups in total. The van der Waals surface area contributed by atoms with Crippen LogP contribution in [0.25, 0.3) is 0 Å². The minimum absolute atomic E-state index is 0.165. The van der Waals surface area contributed by atoms with Crippen molar-refractivity contribution in [2.24, 2.45) is 0 Å². The van der Waals surface area contributed by atoms with E-state index >= 15 is 0 Å². The summed E-state index contributed by atoms with van der Waals surface area (Å²) in [5.41, 5.74) is 0.165. The molecule has 3 aliphatic rings. The fourth-order valence-electron chi connectivity index (χ4n) is 4.02. The first-order valence-electron chi connectivity index (χ1n) is 7.15. The van der Waals surface area contributed by atoms with Crippen LogP contribution in [0, 0.1) is 0 Å². The Morgan fingerprint density at radius 3 is 2.76 bits per heavy atom. The highest BCUT2D eigenvalue weighted by atomic mass is 16.3. The maximum absolute atomic E-state index is 9.69. The Morgan fingerprint density at radius 1 is 1.18 bits per heavy atom. The molecule has 0 spiro atoms. The second-order valence-corrected chi connectivity index (χ2v) is 5.92. The van der Waals surface area contributed by atoms with Crippen molar-refractivity contribution in [1.82, 2.24) is 15.1 Å². The first-order valence-corrected chi connectivity index (χ1v) is 7.15. The monoisotopic (exact) mass is 239 g/mol. The van der Waals surface area contributed by atoms with E-state index in [-0.39, 0.29) is 5.54 Å². The first-order chi connectivity index (χ1) is 8.34. The molecule has 3 aliphatic heterocycles. The van der Waals surface area contributed by atoms with Gasteiger partial charge in [0, 0.05) is 44.3 Å². The Morgan fingerprint density at radius 2 is 2.00 bits per heavy atom. The number of fused-ring (bicyclic) bond motifs is 1. The Labute approximate surface area is 104 Å². The van der Waals surface area contributed by atoms with Crippen molar-refractivity contribution in [3.63, 3.8) is 0 Å². The molecule has 0 aromatic rings. The summed E-state index contributed by atoms with van der Waals surface area (Å²) >= 11 is 0. The normalized spacial score (nSPS) is 39.7. The van der Waals surface area contributed by atoms with E-state index in [4.69, 9.17) is 0 Å². The van der Waals surface area contributed by atoms with Gasteiger partial charge in [0.15, 0.2) is 0 Å². The van der Waals surface area contributed by atoms with E-state index in [0.717, 1.165) is 13.1 Å². The Kier molecular flexibility index (Phi) is 3.39. The third-order valence-corrected chi connectivity index (χ3v) is 5.01. The lowest BCUT2D eigenvalue weighted by molar-refractivity contribution is 0.0635. The second kappa shape index (κ2) is 4.84. The highest BCUT2D eigenvalue weighted by Crippen LogP contribution is 2.42. The molecule has 3 saturated heterocycles. The van der Waals surface area contributed by atoms with Crippen LogP contribution in [-0.4, -0.2) is 72.4 Å². The van der Waals surface area contributed by atoms with Crippen molar-refractivity contribution in [2.75, 3.05) is 45.9 Å². The van der Waals surface area contributed by atoms with Crippen molar-refractivity contribution in [3.05, 3.63) is 0 Å². The Bertz CT molecular complexity index is 267. The molecule has 2 unspecified atom stereocenters. The van der Waals surface area contributed by atoms with Gasteiger partial charge in [-0.3, -0.25) is 9.80 Å². The number of nitrogens with one attached hydrogen (secondary N) is 1. The number of rotatable bonds is 3. The molecular formula is C13H25N3O. The summed E-state index contributed by atoms with van der Waals surface area (Å²) < 4.78 is 0. The lowest BCUT2D eigenvalue weighted by atomic mass is 9.95. The van der Waals surface area contributed by atoms with Gasteiger partial charge in [-0.15, -0.1) is 0 Å². The zero-order valence-electron chi connectivity index (χ0n) is 10.7. The van der Waals surface area contributed by atoms with Gasteiger partial charge in [-0.2, -0.15) is 0 Å². The summed E-state index contributed by atoms with van der Waals surface area (Å²) in [5, 5.41) is 13.1. The lowest BCUT2D eigenvalue weighted by Gasteiger charge is -2.36. The molecule has 0 amide bonds. The van der Waals surface area contributed by atoms with Crippen LogP contribution in [0.5, 0.6) is 0 Å². The Balaban J connectivity index is 1.61. The standard InChI is InChI=1S/C13H25N3O/c17-11-13-3-1-7-16(13)12(2-4-13)10-15-8-5-14-6-9-15/h12,14,17H,1-11H2. The molecule has 3 fully saturated rings. The minimum atomic E-state index is 0.165. The second-order valence-electron chi connectivity index (χ2n) is 5.92. The maximum atomic E-state index is 9.69. The number of piperazine rings is 1. The number of aliphatic hydroxyl groups is 1. The van der Waals surface area contributed by atoms with Crippen LogP contribution in [-0.2, 0) is 0 Å². The van der Waals surface area contributed by atoms with Gasteiger partial charge in [-0.05, 0) is 32.2 Å². The molecule has 4 nitrogen and oxygen atoms in total. The molecule has 4 heteroatoms. The molecule has 98 valence electrons. The molecule has 17 heavy (non-hydrogen) atoms. The number of hydrogen-bond donors (Lipinski definition) is 2. The largest absolute Gasteiger partial charge is 0.394 e. The van der Waals surface area contributed by atoms with Crippen molar-refractivity contribution in [2.45, 2.75) is 37.3 Å². The summed E-state index contributed by atoms with van der Waals surface area (Å²) in [6, 6.07) is 0.697. The molecule has 0 aromatic carbocycles. The van der Waals surface area contributed by atoms with Gasteiger partial charge in [0.05, 0.1) is 6.61 Å². The van der Waals surface area contributed by atoms with Gasteiger partial charge in [0.2, 0.25) is 0 Å². The summed E-state index contributed by atoms with van der Waals surface area (Å²) in [6.07, 6.45) is 4.98. The summed E-state index contributed by atoms with van der Waals surface area (Å²) in [6.45, 7) is 7.44. The van der Waals surface area contributed by atoms with Crippen molar-refractivity contribution >= 4 is 0 Å². The fraction of sp³-hybridized carbons (Fsp3) is 1.00. The minimum Gasteiger partial charge on any atom is -0.394 e. The third kappa shape index (κ3) is 2.12. The van der Waals surface area contributed by atoms with E-state index in [9.17, 15) is 5.11 Å². The van der Waals surface area contributed by atoms with Crippen LogP contribution in [0.3, 0.4) is 0 Å². The Hall–Kier alpha value is -0.160. The van der Waals surface area contributed by atoms with Crippen LogP contribution in [0.15, 0.2) is 0 Å². The van der Waals surface area contributed by atoms with Crippen LogP contribution in [0.2, 0.25) is 0 Å². The predicted octanol–water partition coefficient (Wildman–Crippen LogP) is -0.119. The van der Waals surface area contributed by atoms with Crippen molar-refractivity contribution in [3.8, 4) is 0 Å². The van der Waals surface area contributed by atoms with E-state index < -0.39 is 0 Å². The van der Waals surface area contributed by atoms with Gasteiger partial charge >= 0.3 is 0 Å². The average molecular weight is 239 g/mol. The predicted molar refractivity (Wildman–Crippen MR) is 68.1 cm³/mol. The van der Waals surface area contributed by atoms with Gasteiger partial charge in [0.25, 0.3) is 0 Å². The number of nitrogens with zero attached hydrogens (tertiary/aromatic N) is 2. The average Bonchev–Trinajstić information content (AvgIpc) is 2.92. The third-order valence-electron chi connectivity index (χ3n) is 5.01. The topological polar surface area (TPSA) is 38.7 Å². The summed E-state index contributed by atoms with van der Waals surface area (Å²) in [4.78, 5) is 5.21. The zero-order chi connectivity index (χ0) is 11.7. The van der Waals surface area contributed by atoms with Crippen LogP contribution in [0.4, 0.5) is 0 Å². The molecule has 3 heterocycles. The zero-order valence-corrected chi connectivity index (χ0v) is 10.7. The lowest BCUT2D eigenvalue weighted by Crippen LogP contribution is -2.51. The van der Waals surface area contributed by atoms with E-state index in [0.29, 0.717) is 12.6 Å². The molecule has 0 bridgehead atoms. The van der Waals surface area contributed by atoms with E-state index in [1.165, 1.54) is 51.9 Å². The summed E-state index contributed by atoms with van der Waals surface area (Å²) in [5.74, 6) is 0.